The monoisotopic (exact) mass is 794 g/mol. The predicted octanol–water partition coefficient (Wildman–Crippen LogP) is 5.91. The molecule has 12 nitrogen and oxygen atoms in total. The highest BCUT2D eigenvalue weighted by atomic mass is 35.5. The Morgan fingerprint density at radius 1 is 0.649 bits per heavy atom. The number of hydrogen-bond donors (Lipinski definition) is 3. The molecule has 3 N–H and O–H groups in total. The maximum absolute atomic E-state index is 11.5. The first-order valence-electron chi connectivity index (χ1n) is 20.3. The van der Waals surface area contributed by atoms with Gasteiger partial charge in [-0.15, -0.1) is 11.6 Å². The van der Waals surface area contributed by atoms with Crippen molar-refractivity contribution in [1.82, 2.24) is 40.8 Å². The lowest BCUT2D eigenvalue weighted by molar-refractivity contribution is -0.120. The topological polar surface area (TPSA) is 132 Å². The second-order valence-electron chi connectivity index (χ2n) is 16.2. The minimum absolute atomic E-state index is 0.0360. The smallest absolute Gasteiger partial charge is 0.225 e. The van der Waals surface area contributed by atoms with Crippen molar-refractivity contribution in [1.29, 1.82) is 0 Å². The van der Waals surface area contributed by atoms with Crippen molar-refractivity contribution in [2.75, 3.05) is 36.0 Å². The van der Waals surface area contributed by atoms with Gasteiger partial charge in [-0.2, -0.15) is 0 Å². The van der Waals surface area contributed by atoms with Gasteiger partial charge in [0, 0.05) is 101 Å². The molecule has 57 heavy (non-hydrogen) atoms. The summed E-state index contributed by atoms with van der Waals surface area (Å²) in [6, 6.07) is 22.3. The summed E-state index contributed by atoms with van der Waals surface area (Å²) < 4.78 is 0. The Morgan fingerprint density at radius 2 is 1.04 bits per heavy atom. The Kier molecular flexibility index (Phi) is 13.8. The Balaban J connectivity index is 0.000000159. The van der Waals surface area contributed by atoms with Gasteiger partial charge in [0.1, 0.15) is 0 Å². The molecule has 2 aromatic heterocycles. The van der Waals surface area contributed by atoms with Gasteiger partial charge in [-0.1, -0.05) is 48.5 Å². The number of aromatic nitrogens is 4. The molecule has 0 bridgehead atoms. The van der Waals surface area contributed by atoms with Crippen molar-refractivity contribution < 1.29 is 9.59 Å². The van der Waals surface area contributed by atoms with Crippen LogP contribution in [0.25, 0.3) is 0 Å². The second kappa shape index (κ2) is 18.7. The van der Waals surface area contributed by atoms with Crippen LogP contribution in [0.2, 0.25) is 0 Å². The largest absolute Gasteiger partial charge is 0.347 e. The number of alkyl halides is 1. The molecule has 2 amide bonds. The molecule has 2 saturated heterocycles. The Labute approximate surface area is 343 Å². The number of carbonyl (C=O) groups excluding carboxylic acids is 2. The number of nitrogens with one attached hydrogen (secondary N) is 3. The number of anilines is 2. The Hall–Kier alpha value is -4.65. The van der Waals surface area contributed by atoms with Crippen LogP contribution < -0.4 is 25.8 Å². The molecular formula is C44H59ClN10O2. The lowest BCUT2D eigenvalue weighted by Crippen LogP contribution is -2.57. The number of nitrogens with zero attached hydrogens (tertiary/aromatic N) is 7. The van der Waals surface area contributed by atoms with Crippen LogP contribution in [0.5, 0.6) is 0 Å². The van der Waals surface area contributed by atoms with Crippen molar-refractivity contribution in [2.24, 2.45) is 0 Å². The fraction of sp³-hybridized carbons (Fsp3) is 0.500. The van der Waals surface area contributed by atoms with Gasteiger partial charge >= 0.3 is 0 Å². The van der Waals surface area contributed by atoms with Crippen LogP contribution in [0.4, 0.5) is 11.9 Å². The van der Waals surface area contributed by atoms with Gasteiger partial charge in [-0.05, 0) is 87.8 Å². The predicted molar refractivity (Wildman–Crippen MR) is 227 cm³/mol. The summed E-state index contributed by atoms with van der Waals surface area (Å²) in [7, 11) is 0. The molecule has 8 rings (SSSR count). The molecule has 2 aliphatic heterocycles. The minimum atomic E-state index is -0.116. The lowest BCUT2D eigenvalue weighted by Gasteiger charge is -2.44. The van der Waals surface area contributed by atoms with Gasteiger partial charge < -0.3 is 25.8 Å². The van der Waals surface area contributed by atoms with Crippen LogP contribution in [0.3, 0.4) is 0 Å². The number of amides is 2. The van der Waals surface area contributed by atoms with Crippen LogP contribution in [-0.2, 0) is 33.1 Å². The van der Waals surface area contributed by atoms with Gasteiger partial charge in [0.25, 0.3) is 0 Å². The number of hydrogen-bond acceptors (Lipinski definition) is 10. The number of carbonyl (C=O) groups is 2. The van der Waals surface area contributed by atoms with E-state index in [-0.39, 0.29) is 22.9 Å². The second-order valence-corrected chi connectivity index (χ2v) is 16.5. The third-order valence-electron chi connectivity index (χ3n) is 11.3. The fourth-order valence-electron chi connectivity index (χ4n) is 8.33. The number of benzene rings is 2. The molecule has 0 spiro atoms. The van der Waals surface area contributed by atoms with Crippen LogP contribution in [0.1, 0.15) is 89.5 Å². The van der Waals surface area contributed by atoms with Gasteiger partial charge in [0.05, 0.1) is 11.1 Å². The zero-order chi connectivity index (χ0) is 40.6. The molecule has 2 aromatic carbocycles. The van der Waals surface area contributed by atoms with E-state index in [1.807, 2.05) is 36.7 Å². The first kappa shape index (κ1) is 42.0. The summed E-state index contributed by atoms with van der Waals surface area (Å²) in [5, 5.41) is 9.51. The molecule has 304 valence electrons. The standard InChI is InChI=1S/C22H29N5O.C12H14ClNO.C10H16N4/c1-16-13-26(14-17(2)27(16)21-23-11-4-12-24-21)15-19-5-7-20(8-6-19)22(9-10-22)25-18(3)28;1-9(15)14-12(6-7-12)11-4-2-10(8-13)3-5-11;1-8-6-11-7-9(2)14(8)10-12-4-3-5-13-10/h4-8,11-12,16-17H,9-10,13-15H2,1-3H3,(H,25,28);2-5H,6-8H2,1H3,(H,14,15);3-5,8-9,11H,6-7H2,1-2H3. The zero-order valence-corrected chi connectivity index (χ0v) is 35.0. The van der Waals surface area contributed by atoms with Crippen molar-refractivity contribution >= 4 is 35.3 Å². The van der Waals surface area contributed by atoms with E-state index >= 15 is 0 Å². The van der Waals surface area contributed by atoms with E-state index < -0.39 is 0 Å². The summed E-state index contributed by atoms with van der Waals surface area (Å²) in [4.78, 5) is 47.1. The van der Waals surface area contributed by atoms with Crippen molar-refractivity contribution in [3.05, 3.63) is 108 Å². The highest BCUT2D eigenvalue weighted by Crippen LogP contribution is 2.46. The summed E-state index contributed by atoms with van der Waals surface area (Å²) in [6.07, 6.45) is 11.3. The molecule has 4 aromatic rings. The third kappa shape index (κ3) is 10.9. The Bertz CT molecular complexity index is 1870. The van der Waals surface area contributed by atoms with E-state index in [2.05, 4.69) is 115 Å². The van der Waals surface area contributed by atoms with Gasteiger partial charge in [-0.3, -0.25) is 14.5 Å². The van der Waals surface area contributed by atoms with Crippen molar-refractivity contribution in [3.8, 4) is 0 Å². The molecule has 4 atom stereocenters. The molecule has 0 radical (unpaired) electrons. The van der Waals surface area contributed by atoms with E-state index in [0.29, 0.717) is 30.0 Å². The molecule has 4 fully saturated rings. The van der Waals surface area contributed by atoms with Crippen molar-refractivity contribution in [2.45, 2.75) is 115 Å². The van der Waals surface area contributed by atoms with E-state index in [0.717, 1.165) is 75.9 Å². The van der Waals surface area contributed by atoms with Crippen LogP contribution >= 0.6 is 11.6 Å². The first-order chi connectivity index (χ1) is 27.4. The van der Waals surface area contributed by atoms with Gasteiger partial charge in [0.15, 0.2) is 0 Å². The van der Waals surface area contributed by atoms with E-state index in [9.17, 15) is 9.59 Å². The normalized spacial score (nSPS) is 23.1. The zero-order valence-electron chi connectivity index (χ0n) is 34.3. The third-order valence-corrected chi connectivity index (χ3v) is 11.6. The van der Waals surface area contributed by atoms with E-state index in [1.165, 1.54) is 16.7 Å². The van der Waals surface area contributed by atoms with Crippen molar-refractivity contribution in [3.63, 3.8) is 0 Å². The summed E-state index contributed by atoms with van der Waals surface area (Å²) >= 11 is 5.72. The van der Waals surface area contributed by atoms with E-state index in [4.69, 9.17) is 11.6 Å². The molecule has 13 heteroatoms. The lowest BCUT2D eigenvalue weighted by atomic mass is 10.0. The Morgan fingerprint density at radius 3 is 1.40 bits per heavy atom. The van der Waals surface area contributed by atoms with Gasteiger partial charge in [0.2, 0.25) is 23.7 Å². The molecule has 2 aliphatic carbocycles. The first-order valence-corrected chi connectivity index (χ1v) is 20.8. The van der Waals surface area contributed by atoms with Crippen LogP contribution in [0.15, 0.2) is 85.5 Å². The minimum Gasteiger partial charge on any atom is -0.347 e. The summed E-state index contributed by atoms with van der Waals surface area (Å²) in [6.45, 7) is 16.9. The maximum Gasteiger partial charge on any atom is 0.225 e. The van der Waals surface area contributed by atoms with E-state index in [1.54, 1.807) is 26.2 Å². The van der Waals surface area contributed by atoms with Crippen LogP contribution in [0, 0.1) is 0 Å². The number of piperazine rings is 2. The molecule has 4 unspecified atom stereocenters. The SMILES string of the molecule is CC(=O)NC1(c2ccc(CCl)cc2)CC1.CC(=O)NC1(c2ccc(CN3CC(C)N(c4ncccn4)C(C)C3)cc2)CC1.CC1CNCC(C)N1c1ncccn1. The van der Waals surface area contributed by atoms with Crippen LogP contribution in [-0.4, -0.2) is 87.0 Å². The molecule has 2 saturated carbocycles. The summed E-state index contributed by atoms with van der Waals surface area (Å²) in [5.41, 5.74) is 4.63. The molecule has 4 aliphatic rings. The molecular weight excluding hydrogens is 736 g/mol. The average molecular weight is 795 g/mol. The fourth-order valence-corrected chi connectivity index (χ4v) is 8.51. The quantitative estimate of drug-likeness (QED) is 0.176. The maximum atomic E-state index is 11.5. The number of halogens is 1. The molecule has 4 heterocycles. The highest BCUT2D eigenvalue weighted by Gasteiger charge is 2.45. The summed E-state index contributed by atoms with van der Waals surface area (Å²) in [5.74, 6) is 2.28. The highest BCUT2D eigenvalue weighted by molar-refractivity contribution is 6.17. The average Bonchev–Trinajstić information content (AvgIpc) is 4.14. The van der Waals surface area contributed by atoms with Gasteiger partial charge in [-0.25, -0.2) is 19.9 Å². The number of rotatable bonds is 9.